The Hall–Kier alpha value is -2.24. The average molecular weight is 330 g/mol. The third-order valence-electron chi connectivity index (χ3n) is 3.59. The van der Waals surface area contributed by atoms with Gasteiger partial charge in [-0.3, -0.25) is 0 Å². The minimum atomic E-state index is 0.556. The summed E-state index contributed by atoms with van der Waals surface area (Å²) in [6.07, 6.45) is 3.80. The van der Waals surface area contributed by atoms with Gasteiger partial charge >= 0.3 is 0 Å². The molecule has 1 fully saturated rings. The van der Waals surface area contributed by atoms with Gasteiger partial charge in [-0.15, -0.1) is 0 Å². The number of hydrogen-bond donors (Lipinski definition) is 2. The summed E-state index contributed by atoms with van der Waals surface area (Å²) < 4.78 is 5.84. The molecule has 0 spiro atoms. The number of nitriles is 1. The highest BCUT2D eigenvalue weighted by Gasteiger charge is 2.14. The Balaban J connectivity index is 1.64. The molecular weight excluding hydrogens is 312 g/mol. The van der Waals surface area contributed by atoms with Crippen molar-refractivity contribution in [3.63, 3.8) is 0 Å². The van der Waals surface area contributed by atoms with Crippen LogP contribution in [0.4, 0.5) is 10.9 Å². The second kappa shape index (κ2) is 7.35. The minimum absolute atomic E-state index is 0.556. The lowest BCUT2D eigenvalue weighted by Gasteiger charge is -2.22. The van der Waals surface area contributed by atoms with Crippen LogP contribution in [0, 0.1) is 24.2 Å². The summed E-state index contributed by atoms with van der Waals surface area (Å²) in [6.45, 7) is 4.60. The van der Waals surface area contributed by atoms with E-state index in [2.05, 4.69) is 31.7 Å². The lowest BCUT2D eigenvalue weighted by molar-refractivity contribution is 0.208. The first-order chi connectivity index (χ1) is 11.2. The molecule has 0 saturated carbocycles. The molecule has 2 aromatic heterocycles. The molecule has 7 nitrogen and oxygen atoms in total. The molecule has 0 aliphatic carbocycles. The summed E-state index contributed by atoms with van der Waals surface area (Å²) in [5.41, 5.74) is 0. The van der Waals surface area contributed by atoms with Gasteiger partial charge in [0.2, 0.25) is 5.88 Å². The van der Waals surface area contributed by atoms with E-state index in [0.717, 1.165) is 25.9 Å². The van der Waals surface area contributed by atoms with E-state index in [-0.39, 0.29) is 0 Å². The fraction of sp³-hybridized carbons (Fsp3) is 0.467. The van der Waals surface area contributed by atoms with Gasteiger partial charge in [-0.25, -0.2) is 9.97 Å². The zero-order valence-corrected chi connectivity index (χ0v) is 13.7. The van der Waals surface area contributed by atoms with Crippen molar-refractivity contribution in [2.24, 2.45) is 5.92 Å². The number of piperidine rings is 1. The van der Waals surface area contributed by atoms with Crippen LogP contribution in [0.25, 0.3) is 0 Å². The molecule has 0 atom stereocenters. The Morgan fingerprint density at radius 3 is 3.00 bits per heavy atom. The Morgan fingerprint density at radius 2 is 2.26 bits per heavy atom. The summed E-state index contributed by atoms with van der Waals surface area (Å²) in [5, 5.41) is 15.9. The molecule has 3 rings (SSSR count). The average Bonchev–Trinajstić information content (AvgIpc) is 3.01. The van der Waals surface area contributed by atoms with Crippen molar-refractivity contribution in [2.75, 3.05) is 25.0 Å². The van der Waals surface area contributed by atoms with Gasteiger partial charge in [0.15, 0.2) is 5.13 Å². The number of hydrogen-bond acceptors (Lipinski definition) is 8. The predicted octanol–water partition coefficient (Wildman–Crippen LogP) is 2.24. The standard InChI is InChI=1S/C15H18N6OS/c1-10-19-13(21-15-18-8-12(7-16)23-15)6-14(20-10)22-9-11-2-4-17-5-3-11/h6,8,11,17H,2-5,9H2,1H3,(H,18,19,20,21). The van der Waals surface area contributed by atoms with Crippen molar-refractivity contribution in [3.8, 4) is 11.9 Å². The fourth-order valence-electron chi connectivity index (χ4n) is 2.42. The molecular formula is C15H18N6OS. The third kappa shape index (κ3) is 4.37. The first-order valence-corrected chi connectivity index (χ1v) is 8.37. The summed E-state index contributed by atoms with van der Waals surface area (Å²) in [7, 11) is 0. The van der Waals surface area contributed by atoms with E-state index in [1.165, 1.54) is 17.5 Å². The first kappa shape index (κ1) is 15.6. The van der Waals surface area contributed by atoms with E-state index in [9.17, 15) is 0 Å². The third-order valence-corrected chi connectivity index (χ3v) is 4.41. The molecule has 23 heavy (non-hydrogen) atoms. The Kier molecular flexibility index (Phi) is 5.00. The van der Waals surface area contributed by atoms with Crippen molar-refractivity contribution < 1.29 is 4.74 Å². The van der Waals surface area contributed by atoms with Crippen molar-refractivity contribution in [1.82, 2.24) is 20.3 Å². The molecule has 8 heteroatoms. The molecule has 1 saturated heterocycles. The maximum absolute atomic E-state index is 8.84. The van der Waals surface area contributed by atoms with E-state index in [4.69, 9.17) is 10.00 Å². The molecule has 1 aliphatic heterocycles. The van der Waals surface area contributed by atoms with Gasteiger partial charge in [0.25, 0.3) is 0 Å². The fourth-order valence-corrected chi connectivity index (χ4v) is 3.04. The normalized spacial score (nSPS) is 15.1. The van der Waals surface area contributed by atoms with Gasteiger partial charge < -0.3 is 15.4 Å². The highest BCUT2D eigenvalue weighted by molar-refractivity contribution is 7.16. The van der Waals surface area contributed by atoms with Gasteiger partial charge in [0, 0.05) is 6.07 Å². The molecule has 0 amide bonds. The summed E-state index contributed by atoms with van der Waals surface area (Å²) in [6, 6.07) is 3.83. The summed E-state index contributed by atoms with van der Waals surface area (Å²) in [4.78, 5) is 13.3. The zero-order valence-electron chi connectivity index (χ0n) is 12.9. The van der Waals surface area contributed by atoms with Crippen molar-refractivity contribution in [1.29, 1.82) is 5.26 Å². The van der Waals surface area contributed by atoms with E-state index < -0.39 is 0 Å². The second-order valence-electron chi connectivity index (χ2n) is 5.41. The highest BCUT2D eigenvalue weighted by atomic mass is 32.1. The van der Waals surface area contributed by atoms with Crippen molar-refractivity contribution in [2.45, 2.75) is 19.8 Å². The molecule has 2 N–H and O–H groups in total. The van der Waals surface area contributed by atoms with E-state index in [0.29, 0.717) is 40.1 Å². The number of nitrogens with one attached hydrogen (secondary N) is 2. The largest absolute Gasteiger partial charge is 0.477 e. The molecule has 0 radical (unpaired) electrons. The molecule has 120 valence electrons. The van der Waals surface area contributed by atoms with Crippen molar-refractivity contribution >= 4 is 22.3 Å². The highest BCUT2D eigenvalue weighted by Crippen LogP contribution is 2.23. The van der Waals surface area contributed by atoms with Crippen LogP contribution in [-0.4, -0.2) is 34.6 Å². The van der Waals surface area contributed by atoms with Crippen LogP contribution in [0.2, 0.25) is 0 Å². The number of anilines is 2. The van der Waals surface area contributed by atoms with Gasteiger partial charge in [-0.05, 0) is 38.8 Å². The number of nitrogens with zero attached hydrogens (tertiary/aromatic N) is 4. The lowest BCUT2D eigenvalue weighted by atomic mass is 9.99. The molecule has 0 aromatic carbocycles. The van der Waals surface area contributed by atoms with Crippen LogP contribution in [0.3, 0.4) is 0 Å². The van der Waals surface area contributed by atoms with Gasteiger partial charge in [0.05, 0.1) is 12.8 Å². The molecule has 0 bridgehead atoms. The number of aryl methyl sites for hydroxylation is 1. The molecule has 2 aromatic rings. The SMILES string of the molecule is Cc1nc(Nc2ncc(C#N)s2)cc(OCC2CCNCC2)n1. The van der Waals surface area contributed by atoms with Gasteiger partial charge in [0.1, 0.15) is 22.6 Å². The maximum Gasteiger partial charge on any atom is 0.218 e. The predicted molar refractivity (Wildman–Crippen MR) is 88.0 cm³/mol. The van der Waals surface area contributed by atoms with Crippen molar-refractivity contribution in [3.05, 3.63) is 23.0 Å². The van der Waals surface area contributed by atoms with Gasteiger partial charge in [-0.1, -0.05) is 11.3 Å². The minimum Gasteiger partial charge on any atom is -0.477 e. The maximum atomic E-state index is 8.84. The monoisotopic (exact) mass is 330 g/mol. The van der Waals surface area contributed by atoms with Crippen LogP contribution in [0.5, 0.6) is 5.88 Å². The number of rotatable bonds is 5. The smallest absolute Gasteiger partial charge is 0.218 e. The topological polar surface area (TPSA) is 95.8 Å². The van der Waals surface area contributed by atoms with E-state index in [1.807, 2.05) is 6.92 Å². The zero-order chi connectivity index (χ0) is 16.1. The lowest BCUT2D eigenvalue weighted by Crippen LogP contribution is -2.30. The number of thiazole rings is 1. The van der Waals surface area contributed by atoms with Crippen LogP contribution < -0.4 is 15.4 Å². The van der Waals surface area contributed by atoms with E-state index in [1.54, 1.807) is 6.07 Å². The van der Waals surface area contributed by atoms with Crippen LogP contribution >= 0.6 is 11.3 Å². The summed E-state index contributed by atoms with van der Waals surface area (Å²) in [5.74, 6) is 2.39. The van der Waals surface area contributed by atoms with Crippen LogP contribution in [0.1, 0.15) is 23.5 Å². The Morgan fingerprint density at radius 1 is 1.43 bits per heavy atom. The Bertz CT molecular complexity index is 704. The van der Waals surface area contributed by atoms with Crippen LogP contribution in [-0.2, 0) is 0 Å². The quantitative estimate of drug-likeness (QED) is 0.868. The summed E-state index contributed by atoms with van der Waals surface area (Å²) >= 11 is 1.28. The number of aromatic nitrogens is 3. The van der Waals surface area contributed by atoms with Gasteiger partial charge in [-0.2, -0.15) is 10.2 Å². The first-order valence-electron chi connectivity index (χ1n) is 7.55. The molecule has 3 heterocycles. The second-order valence-corrected chi connectivity index (χ2v) is 6.44. The Labute approximate surface area is 138 Å². The van der Waals surface area contributed by atoms with E-state index >= 15 is 0 Å². The van der Waals surface area contributed by atoms with Crippen LogP contribution in [0.15, 0.2) is 12.3 Å². The molecule has 0 unspecified atom stereocenters. The number of ether oxygens (including phenoxy) is 1. The molecule has 1 aliphatic rings.